The number of rotatable bonds is 5. The largest absolute Gasteiger partial charge is 0.383 e. The fraction of sp³-hybridized carbons (Fsp3) is 0.200. The lowest BCUT2D eigenvalue weighted by molar-refractivity contribution is 0.0950. The van der Waals surface area contributed by atoms with E-state index in [1.54, 1.807) is 16.8 Å². The third kappa shape index (κ3) is 3.95. The minimum atomic E-state index is -0.994. The van der Waals surface area contributed by atoms with Gasteiger partial charge in [-0.1, -0.05) is 54.6 Å². The van der Waals surface area contributed by atoms with E-state index in [9.17, 15) is 9.18 Å². The van der Waals surface area contributed by atoms with Gasteiger partial charge in [0.1, 0.15) is 24.0 Å². The van der Waals surface area contributed by atoms with Gasteiger partial charge in [0.2, 0.25) is 0 Å². The number of nitrogens with two attached hydrogens (primary N) is 1. The Bertz CT molecular complexity index is 1360. The van der Waals surface area contributed by atoms with Crippen LogP contribution in [0.15, 0.2) is 67.0 Å². The van der Waals surface area contributed by atoms with Gasteiger partial charge in [-0.05, 0) is 24.1 Å². The molecule has 1 aliphatic rings. The van der Waals surface area contributed by atoms with Gasteiger partial charge in [-0.2, -0.15) is 5.10 Å². The highest BCUT2D eigenvalue weighted by Gasteiger charge is 2.25. The lowest BCUT2D eigenvalue weighted by Crippen LogP contribution is -2.23. The average molecular weight is 442 g/mol. The first kappa shape index (κ1) is 20.8. The summed E-state index contributed by atoms with van der Waals surface area (Å²) in [5.41, 5.74) is 10.8. The van der Waals surface area contributed by atoms with E-state index in [1.807, 2.05) is 55.5 Å². The van der Waals surface area contributed by atoms with Gasteiger partial charge in [0.25, 0.3) is 5.91 Å². The van der Waals surface area contributed by atoms with Crippen LogP contribution in [0.25, 0.3) is 22.3 Å². The number of fused-ring (bicyclic) bond motifs is 1. The Labute approximate surface area is 190 Å². The van der Waals surface area contributed by atoms with E-state index < -0.39 is 6.17 Å². The molecule has 0 unspecified atom stereocenters. The number of allylic oxidation sites excluding steroid dienone is 2. The number of nitrogen functional groups attached to an aromatic ring is 1. The highest BCUT2D eigenvalue weighted by Crippen LogP contribution is 2.34. The van der Waals surface area contributed by atoms with Gasteiger partial charge in [0.05, 0.1) is 11.4 Å². The zero-order valence-corrected chi connectivity index (χ0v) is 18.1. The number of carbonyl (C=O) groups is 1. The smallest absolute Gasteiger partial charge is 0.251 e. The highest BCUT2D eigenvalue weighted by molar-refractivity contribution is 5.98. The number of alkyl halides is 1. The van der Waals surface area contributed by atoms with Crippen molar-refractivity contribution in [1.82, 2.24) is 25.1 Å². The molecule has 1 aliphatic carbocycles. The van der Waals surface area contributed by atoms with Gasteiger partial charge < -0.3 is 11.1 Å². The first-order chi connectivity index (χ1) is 16.0. The Morgan fingerprint density at radius 1 is 1.15 bits per heavy atom. The Morgan fingerprint density at radius 3 is 2.67 bits per heavy atom. The number of aromatic nitrogens is 4. The van der Waals surface area contributed by atoms with Crippen LogP contribution in [-0.4, -0.2) is 31.8 Å². The number of amides is 1. The number of benzene rings is 2. The van der Waals surface area contributed by atoms with Gasteiger partial charge in [-0.3, -0.25) is 4.79 Å². The maximum Gasteiger partial charge on any atom is 0.251 e. The summed E-state index contributed by atoms with van der Waals surface area (Å²) >= 11 is 0. The van der Waals surface area contributed by atoms with Crippen LogP contribution >= 0.6 is 0 Å². The normalized spacial score (nSPS) is 17.5. The molecule has 0 saturated heterocycles. The summed E-state index contributed by atoms with van der Waals surface area (Å²) < 4.78 is 15.5. The molecule has 0 bridgehead atoms. The SMILES string of the molecule is Cc1ccccc1C(=O)NCc1ccc(-c2nn([C@H]3C=C[C@H](F)C3)c3ncnc(N)c23)cc1. The molecular weight excluding hydrogens is 419 g/mol. The van der Waals surface area contributed by atoms with Gasteiger partial charge in [-0.25, -0.2) is 19.0 Å². The number of carbonyl (C=O) groups excluding carboxylic acids is 1. The standard InChI is InChI=1S/C25H23FN6O/c1-15-4-2-3-5-20(15)25(33)28-13-16-6-8-17(9-7-16)22-21-23(27)29-14-30-24(21)32(31-22)19-11-10-18(26)12-19/h2-11,14,18-19H,12-13H2,1H3,(H,28,33)(H2,27,29,30)/t18-,19-/m0/s1. The molecule has 2 aromatic heterocycles. The third-order valence-corrected chi connectivity index (χ3v) is 5.91. The van der Waals surface area contributed by atoms with Crippen LogP contribution in [0.3, 0.4) is 0 Å². The Hall–Kier alpha value is -4.07. The number of aryl methyl sites for hydroxylation is 1. The monoisotopic (exact) mass is 442 g/mol. The molecule has 4 aromatic rings. The third-order valence-electron chi connectivity index (χ3n) is 5.91. The van der Waals surface area contributed by atoms with Crippen molar-refractivity contribution >= 4 is 22.8 Å². The van der Waals surface area contributed by atoms with Crippen LogP contribution in [-0.2, 0) is 6.54 Å². The molecule has 0 saturated carbocycles. The molecule has 0 fully saturated rings. The van der Waals surface area contributed by atoms with Crippen LogP contribution in [0.5, 0.6) is 0 Å². The van der Waals surface area contributed by atoms with Crippen LogP contribution in [0, 0.1) is 6.92 Å². The van der Waals surface area contributed by atoms with Crippen molar-refractivity contribution in [2.24, 2.45) is 0 Å². The number of hydrogen-bond acceptors (Lipinski definition) is 5. The van der Waals surface area contributed by atoms with Crippen LogP contribution in [0.1, 0.15) is 33.9 Å². The summed E-state index contributed by atoms with van der Waals surface area (Å²) in [5.74, 6) is 0.220. The van der Waals surface area contributed by atoms with E-state index in [1.165, 1.54) is 6.33 Å². The topological polar surface area (TPSA) is 98.7 Å². The minimum absolute atomic E-state index is 0.109. The summed E-state index contributed by atoms with van der Waals surface area (Å²) in [6, 6.07) is 15.0. The molecule has 166 valence electrons. The fourth-order valence-electron chi connectivity index (χ4n) is 4.13. The first-order valence-corrected chi connectivity index (χ1v) is 10.8. The molecule has 0 radical (unpaired) electrons. The highest BCUT2D eigenvalue weighted by atomic mass is 19.1. The average Bonchev–Trinajstić information content (AvgIpc) is 3.42. The fourth-order valence-corrected chi connectivity index (χ4v) is 4.13. The van der Waals surface area contributed by atoms with Crippen LogP contribution < -0.4 is 11.1 Å². The van der Waals surface area contributed by atoms with Crippen molar-refractivity contribution in [3.63, 3.8) is 0 Å². The molecule has 8 heteroatoms. The van der Waals surface area contributed by atoms with Crippen molar-refractivity contribution in [2.45, 2.75) is 32.1 Å². The quantitative estimate of drug-likeness (QED) is 0.453. The van der Waals surface area contributed by atoms with Gasteiger partial charge in [0.15, 0.2) is 5.65 Å². The lowest BCUT2D eigenvalue weighted by Gasteiger charge is -2.09. The van der Waals surface area contributed by atoms with E-state index in [0.29, 0.717) is 41.1 Å². The van der Waals surface area contributed by atoms with Crippen molar-refractivity contribution in [2.75, 3.05) is 5.73 Å². The predicted molar refractivity (Wildman–Crippen MR) is 125 cm³/mol. The summed E-state index contributed by atoms with van der Waals surface area (Å²) in [7, 11) is 0. The number of nitrogens with zero attached hydrogens (tertiary/aromatic N) is 4. The van der Waals surface area contributed by atoms with Crippen LogP contribution in [0.2, 0.25) is 0 Å². The van der Waals surface area contributed by atoms with Gasteiger partial charge in [0, 0.05) is 24.1 Å². The van der Waals surface area contributed by atoms with Crippen molar-refractivity contribution in [1.29, 1.82) is 0 Å². The molecule has 7 nitrogen and oxygen atoms in total. The van der Waals surface area contributed by atoms with E-state index >= 15 is 0 Å². The number of nitrogens with one attached hydrogen (secondary N) is 1. The predicted octanol–water partition coefficient (Wildman–Crippen LogP) is 4.15. The molecular formula is C25H23FN6O. The maximum absolute atomic E-state index is 13.8. The van der Waals surface area contributed by atoms with Gasteiger partial charge in [-0.15, -0.1) is 0 Å². The van der Waals surface area contributed by atoms with E-state index in [-0.39, 0.29) is 11.9 Å². The molecule has 1 amide bonds. The summed E-state index contributed by atoms with van der Waals surface area (Å²) in [5, 5.41) is 8.34. The zero-order chi connectivity index (χ0) is 22.9. The molecule has 2 heterocycles. The summed E-state index contributed by atoms with van der Waals surface area (Å²) in [4.78, 5) is 21.0. The number of hydrogen-bond donors (Lipinski definition) is 2. The molecule has 0 aliphatic heterocycles. The van der Waals surface area contributed by atoms with E-state index in [2.05, 4.69) is 15.3 Å². The number of anilines is 1. The summed E-state index contributed by atoms with van der Waals surface area (Å²) in [6.45, 7) is 2.32. The second kappa shape index (κ2) is 8.46. The molecule has 5 rings (SSSR count). The molecule has 0 spiro atoms. The van der Waals surface area contributed by atoms with E-state index in [4.69, 9.17) is 10.8 Å². The second-order valence-corrected chi connectivity index (χ2v) is 8.15. The second-order valence-electron chi connectivity index (χ2n) is 8.15. The van der Waals surface area contributed by atoms with E-state index in [0.717, 1.165) is 16.7 Å². The molecule has 3 N–H and O–H groups in total. The first-order valence-electron chi connectivity index (χ1n) is 10.8. The number of halogens is 1. The summed E-state index contributed by atoms with van der Waals surface area (Å²) in [6.07, 6.45) is 4.07. The van der Waals surface area contributed by atoms with Gasteiger partial charge >= 0.3 is 0 Å². The van der Waals surface area contributed by atoms with Crippen molar-refractivity contribution in [3.8, 4) is 11.3 Å². The Balaban J connectivity index is 1.40. The molecule has 33 heavy (non-hydrogen) atoms. The Morgan fingerprint density at radius 2 is 1.94 bits per heavy atom. The zero-order valence-electron chi connectivity index (χ0n) is 18.1. The van der Waals surface area contributed by atoms with Crippen LogP contribution in [0.4, 0.5) is 10.2 Å². The lowest BCUT2D eigenvalue weighted by atomic mass is 10.1. The van der Waals surface area contributed by atoms with Crippen molar-refractivity contribution < 1.29 is 9.18 Å². The van der Waals surface area contributed by atoms with Crippen molar-refractivity contribution in [3.05, 3.63) is 83.7 Å². The molecule has 2 atom stereocenters. The molecule has 2 aromatic carbocycles. The Kier molecular flexibility index (Phi) is 5.34. The maximum atomic E-state index is 13.8. The minimum Gasteiger partial charge on any atom is -0.383 e.